The van der Waals surface area contributed by atoms with Crippen LogP contribution < -0.4 is 45.9 Å². The maximum Gasteiger partial charge on any atom is 0.472 e. The fraction of sp³-hybridized carbons (Fsp3) is 0.500. The van der Waals surface area contributed by atoms with Gasteiger partial charge in [0.25, 0.3) is 0 Å². The lowest BCUT2D eigenvalue weighted by Crippen LogP contribution is -2.37. The molecule has 89 heavy (non-hydrogen) atoms. The molecular formula is C40H53N24O22P3. The van der Waals surface area contributed by atoms with E-state index in [4.69, 9.17) is 92.0 Å². The number of nitrogens with zero attached hydrogens (tertiary/aromatic N) is 16. The Hall–Kier alpha value is -7.47. The number of hydrogen-bond acceptors (Lipinski definition) is 39. The zero-order valence-electron chi connectivity index (χ0n) is 44.8. The van der Waals surface area contributed by atoms with Gasteiger partial charge in [0, 0.05) is 0 Å². The van der Waals surface area contributed by atoms with E-state index in [0.717, 1.165) is 43.6 Å². The average molecular weight is 1310 g/mol. The lowest BCUT2D eigenvalue weighted by atomic mass is 10.1. The van der Waals surface area contributed by atoms with E-state index in [1.54, 1.807) is 0 Å². The number of aromatic nitrogens is 16. The Morgan fingerprint density at radius 3 is 0.955 bits per heavy atom. The molecule has 0 aliphatic carbocycles. The fourth-order valence-corrected chi connectivity index (χ4v) is 13.3. The van der Waals surface area contributed by atoms with Crippen molar-refractivity contribution in [2.75, 3.05) is 72.3 Å². The minimum absolute atomic E-state index is 0.000152. The SMILES string of the molecule is Nc1ncnc2c1nc(N)n2C1O[C@H](COP(=O)(O)O[C@H]2C(n3c(N)nc4c(N)ncnc43)O[C@H](COP(=O)(O)O[C@H]3C(n4c(N)nc5c(N)ncnc54)O[C@H](CO)[C@H]3O)[C@H]2O)[C@@H](O)C1OP(=O)(O)OC[C@H]1OC(n2c(N)nc3c(N)ncnc32)[C@H](O)[C@@H]1O. The highest BCUT2D eigenvalue weighted by atomic mass is 31.2. The van der Waals surface area contributed by atoms with E-state index < -0.39 is 160 Å². The van der Waals surface area contributed by atoms with E-state index >= 15 is 0 Å². The molecule has 46 nitrogen and oxygen atoms in total. The van der Waals surface area contributed by atoms with Gasteiger partial charge in [0.15, 0.2) is 92.8 Å². The van der Waals surface area contributed by atoms with Crippen molar-refractivity contribution in [2.24, 2.45) is 0 Å². The molecule has 0 spiro atoms. The predicted molar refractivity (Wildman–Crippen MR) is 291 cm³/mol. The summed E-state index contributed by atoms with van der Waals surface area (Å²) in [6.45, 7) is -4.14. The third-order valence-electron chi connectivity index (χ3n) is 14.6. The van der Waals surface area contributed by atoms with Crippen LogP contribution in [0.3, 0.4) is 0 Å². The second-order valence-electron chi connectivity index (χ2n) is 20.0. The highest BCUT2D eigenvalue weighted by Crippen LogP contribution is 2.55. The van der Waals surface area contributed by atoms with E-state index in [9.17, 15) is 59.0 Å². The second-order valence-corrected chi connectivity index (χ2v) is 24.2. The summed E-state index contributed by atoms with van der Waals surface area (Å²) in [7, 11) is -16.7. The number of nitrogen functional groups attached to an aromatic ring is 8. The van der Waals surface area contributed by atoms with Gasteiger partial charge in [0.05, 0.1) is 26.4 Å². The number of fused-ring (bicyclic) bond motifs is 4. The highest BCUT2D eigenvalue weighted by molar-refractivity contribution is 7.48. The molecular weight excluding hydrogens is 1260 g/mol. The number of aliphatic hydroxyl groups excluding tert-OH is 6. The maximum absolute atomic E-state index is 14.2. The molecule has 4 fully saturated rings. The van der Waals surface area contributed by atoms with Crippen molar-refractivity contribution in [3.8, 4) is 0 Å². The molecule has 49 heteroatoms. The summed E-state index contributed by atoms with van der Waals surface area (Å²) < 4.78 is 102. The summed E-state index contributed by atoms with van der Waals surface area (Å²) in [6.07, 6.45) is -25.5. The lowest BCUT2D eigenvalue weighted by Gasteiger charge is -2.26. The van der Waals surface area contributed by atoms with Crippen LogP contribution in [0.2, 0.25) is 0 Å². The second kappa shape index (κ2) is 23.1. The van der Waals surface area contributed by atoms with Crippen molar-refractivity contribution >= 4 is 115 Å². The number of rotatable bonds is 20. The third-order valence-corrected chi connectivity index (χ3v) is 17.5. The monoisotopic (exact) mass is 1310 g/mol. The van der Waals surface area contributed by atoms with Crippen LogP contribution in [0.1, 0.15) is 24.9 Å². The van der Waals surface area contributed by atoms with Gasteiger partial charge in [-0.25, -0.2) is 73.5 Å². The number of phosphoric ester groups is 3. The molecule has 0 saturated carbocycles. The Kier molecular flexibility index (Phi) is 16.0. The molecule has 0 radical (unpaired) electrons. The number of hydrogen-bond donors (Lipinski definition) is 17. The van der Waals surface area contributed by atoms with Crippen LogP contribution in [0.15, 0.2) is 25.3 Å². The molecule has 4 aliphatic heterocycles. The maximum atomic E-state index is 14.2. The van der Waals surface area contributed by atoms with Crippen LogP contribution in [0, 0.1) is 0 Å². The van der Waals surface area contributed by atoms with Gasteiger partial charge in [0.2, 0.25) is 23.8 Å². The topological polar surface area (TPSA) is 708 Å². The normalized spacial score (nSPS) is 31.1. The molecule has 12 rings (SSSR count). The summed E-state index contributed by atoms with van der Waals surface area (Å²) in [5, 5.41) is 66.9. The molecule has 8 aromatic rings. The molecule has 0 amide bonds. The van der Waals surface area contributed by atoms with Crippen molar-refractivity contribution in [2.45, 2.75) is 98.2 Å². The van der Waals surface area contributed by atoms with E-state index in [1.807, 2.05) is 0 Å². The van der Waals surface area contributed by atoms with Gasteiger partial charge in [-0.2, -0.15) is 0 Å². The molecule has 0 bridgehead atoms. The molecule has 480 valence electrons. The quantitative estimate of drug-likeness (QED) is 0.0316. The molecule has 12 heterocycles. The molecule has 0 aromatic carbocycles. The van der Waals surface area contributed by atoms with Crippen LogP contribution in [0.4, 0.5) is 47.1 Å². The van der Waals surface area contributed by atoms with E-state index in [0.29, 0.717) is 0 Å². The number of ether oxygens (including phenoxy) is 4. The van der Waals surface area contributed by atoms with Crippen LogP contribution in [-0.2, 0) is 59.8 Å². The Morgan fingerprint density at radius 1 is 0.393 bits per heavy atom. The Balaban J connectivity index is 0.768. The van der Waals surface area contributed by atoms with Gasteiger partial charge in [0.1, 0.15) is 98.6 Å². The number of aliphatic hydroxyl groups is 6. The minimum Gasteiger partial charge on any atom is -0.394 e. The van der Waals surface area contributed by atoms with Gasteiger partial charge in [-0.15, -0.1) is 0 Å². The first-order valence-electron chi connectivity index (χ1n) is 25.7. The number of nitrogens with two attached hydrogens (primary N) is 8. The third kappa shape index (κ3) is 11.1. The van der Waals surface area contributed by atoms with Gasteiger partial charge >= 0.3 is 23.5 Å². The Bertz CT molecular complexity index is 4170. The van der Waals surface area contributed by atoms with Crippen molar-refractivity contribution in [1.82, 2.24) is 78.1 Å². The van der Waals surface area contributed by atoms with Gasteiger partial charge in [-0.05, 0) is 0 Å². The fourth-order valence-electron chi connectivity index (χ4n) is 10.5. The molecule has 4 saturated heterocycles. The smallest absolute Gasteiger partial charge is 0.394 e. The highest BCUT2D eigenvalue weighted by Gasteiger charge is 2.56. The molecule has 19 atom stereocenters. The van der Waals surface area contributed by atoms with Crippen molar-refractivity contribution in [3.63, 3.8) is 0 Å². The molecule has 8 aromatic heterocycles. The van der Waals surface area contributed by atoms with Gasteiger partial charge < -0.3 is 110 Å². The van der Waals surface area contributed by atoms with E-state index in [1.165, 1.54) is 0 Å². The largest absolute Gasteiger partial charge is 0.472 e. The number of anilines is 8. The first-order valence-corrected chi connectivity index (χ1v) is 30.2. The van der Waals surface area contributed by atoms with Crippen molar-refractivity contribution < 1.29 is 105 Å². The average Bonchev–Trinajstić information content (AvgIpc) is 1.68. The summed E-state index contributed by atoms with van der Waals surface area (Å²) in [5.41, 5.74) is 48.0. The van der Waals surface area contributed by atoms with E-state index in [2.05, 4.69) is 59.8 Å². The van der Waals surface area contributed by atoms with Crippen LogP contribution in [-0.4, -0.2) is 223 Å². The van der Waals surface area contributed by atoms with Crippen LogP contribution in [0.25, 0.3) is 44.7 Å². The Labute approximate surface area is 493 Å². The first-order chi connectivity index (χ1) is 42.2. The van der Waals surface area contributed by atoms with Gasteiger partial charge in [-0.1, -0.05) is 0 Å². The molecule has 8 unspecified atom stereocenters. The minimum atomic E-state index is -5.69. The van der Waals surface area contributed by atoms with Gasteiger partial charge in [-0.3, -0.25) is 45.4 Å². The van der Waals surface area contributed by atoms with Crippen molar-refractivity contribution in [1.29, 1.82) is 0 Å². The zero-order chi connectivity index (χ0) is 63.5. The summed E-state index contributed by atoms with van der Waals surface area (Å²) in [4.78, 5) is 82.1. The standard InChI is InChI=1S/C40H53N24O22P3/c41-25-13-29(53-5-49-25)61(37(45)57-13)33-21(70)17(66)10(81-33)2-77-87(71,72)85-23-19(68)12(83-35(23)63-31-15(59-39(63)47)27(43)51-7-55-31)4-79-89(75,76)86-24-20(69)11(82-36(24)64-32-16(60-40(64)48)28(44)52-8-56-32)3-78-88(73,74)84-22-18(67)9(1-65)80-34(22)62-30-14(58-38(62)46)26(42)50-6-54-30/h5-12,17-24,33-36,65-70H,1-4H2,(H2,45,57)(H2,46,58)(H2,47,59)(H2,48,60)(H,71,72)(H,73,74)(H,75,76)(H2,41,49,53)(H2,42,50,54)(H2,43,51,55)(H2,44,52,56)/t9-,10-,11-,12-,17-,18-,19-,20-,21-,22-,23?,24-,33?,34?,35?,36?/m1/s1. The zero-order valence-corrected chi connectivity index (χ0v) is 47.5. The number of imidazole rings is 4. The molecule has 4 aliphatic rings. The summed E-state index contributed by atoms with van der Waals surface area (Å²) >= 11 is 0. The van der Waals surface area contributed by atoms with Crippen LogP contribution >= 0.6 is 23.5 Å². The summed E-state index contributed by atoms with van der Waals surface area (Å²) in [6, 6.07) is 0. The first kappa shape index (κ1) is 61.8. The predicted octanol–water partition coefficient (Wildman–Crippen LogP) is -6.10. The lowest BCUT2D eigenvalue weighted by molar-refractivity contribution is -0.0647. The Morgan fingerprint density at radius 2 is 0.652 bits per heavy atom. The van der Waals surface area contributed by atoms with Crippen LogP contribution in [0.5, 0.6) is 0 Å². The van der Waals surface area contributed by atoms with Crippen molar-refractivity contribution in [3.05, 3.63) is 25.3 Å². The summed E-state index contributed by atoms with van der Waals surface area (Å²) in [5.74, 6) is -2.12. The number of phosphoric acid groups is 3. The molecule has 25 N–H and O–H groups in total. The van der Waals surface area contributed by atoms with E-state index in [-0.39, 0.29) is 79.8 Å².